The van der Waals surface area contributed by atoms with Crippen LogP contribution in [0.4, 0.5) is 5.82 Å². The average molecular weight is 343 g/mol. The summed E-state index contributed by atoms with van der Waals surface area (Å²) >= 11 is 0. The third-order valence-corrected chi connectivity index (χ3v) is 4.73. The van der Waals surface area contributed by atoms with Crippen molar-refractivity contribution in [2.45, 2.75) is 44.9 Å². The Hall–Kier alpha value is -2.47. The minimum atomic E-state index is -0.517. The van der Waals surface area contributed by atoms with Crippen molar-refractivity contribution in [2.75, 3.05) is 5.32 Å². The SMILES string of the molecule is [3H][C@@H]1C[C@@H]([3H])[C@H]2O[C@H](n3cc(C)c(NC(=O)c4ccccc4)nc3=O)C[C@H]21. The van der Waals surface area contributed by atoms with Crippen LogP contribution >= 0.6 is 0 Å². The molecule has 0 spiro atoms. The molecule has 6 nitrogen and oxygen atoms in total. The first kappa shape index (κ1) is 13.8. The maximum atomic E-state index is 12.5. The molecule has 5 atom stereocenters. The molecule has 1 aliphatic heterocycles. The Balaban J connectivity index is 1.55. The van der Waals surface area contributed by atoms with E-state index in [9.17, 15) is 9.59 Å². The molecule has 1 saturated heterocycles. The maximum absolute atomic E-state index is 12.5. The highest BCUT2D eigenvalue weighted by atomic mass is 16.5. The first-order valence-electron chi connectivity index (χ1n) is 9.55. The van der Waals surface area contributed by atoms with Gasteiger partial charge in [0.2, 0.25) is 0 Å². The quantitative estimate of drug-likeness (QED) is 0.930. The number of anilines is 1. The molecule has 0 bridgehead atoms. The molecule has 25 heavy (non-hydrogen) atoms. The molecule has 6 heteroatoms. The maximum Gasteiger partial charge on any atom is 0.351 e. The van der Waals surface area contributed by atoms with E-state index < -0.39 is 18.3 Å². The van der Waals surface area contributed by atoms with Crippen LogP contribution < -0.4 is 11.0 Å². The van der Waals surface area contributed by atoms with E-state index in [0.717, 1.165) is 0 Å². The minimum absolute atomic E-state index is 0.0258. The van der Waals surface area contributed by atoms with Crippen molar-refractivity contribution in [3.63, 3.8) is 0 Å². The van der Waals surface area contributed by atoms with Crippen molar-refractivity contribution in [3.8, 4) is 0 Å². The van der Waals surface area contributed by atoms with E-state index in [1.165, 1.54) is 4.57 Å². The highest BCUT2D eigenvalue weighted by Crippen LogP contribution is 2.42. The molecule has 1 aliphatic carbocycles. The molecule has 2 heterocycles. The van der Waals surface area contributed by atoms with Crippen LogP contribution in [-0.2, 0) is 4.74 Å². The summed E-state index contributed by atoms with van der Waals surface area (Å²) in [5.41, 5.74) is 0.610. The number of nitrogens with zero attached hydrogens (tertiary/aromatic N) is 2. The van der Waals surface area contributed by atoms with E-state index >= 15 is 0 Å². The Morgan fingerprint density at radius 3 is 2.92 bits per heavy atom. The molecule has 2 aliphatic rings. The van der Waals surface area contributed by atoms with E-state index in [-0.39, 0.29) is 30.1 Å². The number of fused-ring (bicyclic) bond motifs is 1. The molecule has 0 unspecified atom stereocenters. The number of amides is 1. The number of ether oxygens (including phenoxy) is 1. The molecular formula is C19H21N3O3. The lowest BCUT2D eigenvalue weighted by Gasteiger charge is -2.17. The monoisotopic (exact) mass is 343 g/mol. The molecular weight excluding hydrogens is 318 g/mol. The third kappa shape index (κ3) is 3.09. The normalized spacial score (nSPS) is 32.0. The average Bonchev–Trinajstić information content (AvgIpc) is 3.20. The summed E-state index contributed by atoms with van der Waals surface area (Å²) in [5.74, 6) is -0.133. The lowest BCUT2D eigenvalue weighted by atomic mass is 10.0. The van der Waals surface area contributed by atoms with Crippen molar-refractivity contribution in [2.24, 2.45) is 5.92 Å². The largest absolute Gasteiger partial charge is 0.354 e. The van der Waals surface area contributed by atoms with Gasteiger partial charge >= 0.3 is 5.69 Å². The number of hydrogen-bond donors (Lipinski definition) is 1. The summed E-state index contributed by atoms with van der Waals surface area (Å²) in [5, 5.41) is 2.67. The number of carbonyl (C=O) groups excluding carboxylic acids is 1. The Kier molecular flexibility index (Phi) is 3.55. The molecule has 4 rings (SSSR count). The fourth-order valence-corrected chi connectivity index (χ4v) is 3.40. The van der Waals surface area contributed by atoms with Crippen LogP contribution in [0.3, 0.4) is 0 Å². The van der Waals surface area contributed by atoms with Crippen LogP contribution in [0.2, 0.25) is 0 Å². The van der Waals surface area contributed by atoms with Crippen molar-refractivity contribution < 1.29 is 12.3 Å². The molecule has 2 aromatic rings. The van der Waals surface area contributed by atoms with E-state index in [0.29, 0.717) is 24.0 Å². The standard InChI is InChI=1S/C19H21N3O3/c1-12-11-22(16-10-14-8-5-9-15(14)25-16)19(24)21-17(12)20-18(23)13-6-3-2-4-7-13/h2-4,6-7,11,14-16H,5,8-10H2,1H3,(H,20,21,23,24)/t14-,15-,16+/m1/s1/i8T,9T/t8-,9-,14-,15-,16+. The Bertz CT molecular complexity index is 902. The summed E-state index contributed by atoms with van der Waals surface area (Å²) in [6.45, 7) is 1.76. The molecule has 130 valence electrons. The van der Waals surface area contributed by atoms with Gasteiger partial charge in [0, 0.05) is 20.1 Å². The summed E-state index contributed by atoms with van der Waals surface area (Å²) < 4.78 is 23.4. The number of hydrogen-bond acceptors (Lipinski definition) is 4. The number of benzene rings is 1. The number of carbonyl (C=O) groups is 1. The van der Waals surface area contributed by atoms with Gasteiger partial charge in [-0.2, -0.15) is 4.98 Å². The molecule has 1 saturated carbocycles. The van der Waals surface area contributed by atoms with Crippen LogP contribution in [0.15, 0.2) is 41.3 Å². The zero-order chi connectivity index (χ0) is 19.1. The fraction of sp³-hybridized carbons (Fsp3) is 0.421. The molecule has 0 radical (unpaired) electrons. The van der Waals surface area contributed by atoms with E-state index in [4.69, 9.17) is 7.48 Å². The highest BCUT2D eigenvalue weighted by Gasteiger charge is 2.39. The second-order valence-electron chi connectivity index (χ2n) is 6.44. The second kappa shape index (κ2) is 6.44. The number of aryl methyl sites for hydroxylation is 1. The first-order chi connectivity index (χ1) is 12.9. The van der Waals surface area contributed by atoms with Gasteiger partial charge in [0.05, 0.1) is 6.10 Å². The lowest BCUT2D eigenvalue weighted by molar-refractivity contribution is -0.00307. The van der Waals surface area contributed by atoms with Gasteiger partial charge in [-0.3, -0.25) is 9.36 Å². The van der Waals surface area contributed by atoms with Crippen LogP contribution in [0.25, 0.3) is 0 Å². The van der Waals surface area contributed by atoms with Crippen molar-refractivity contribution in [1.29, 1.82) is 0 Å². The Morgan fingerprint density at radius 2 is 2.16 bits per heavy atom. The van der Waals surface area contributed by atoms with Gasteiger partial charge in [-0.05, 0) is 44.2 Å². The van der Waals surface area contributed by atoms with Gasteiger partial charge in [-0.1, -0.05) is 24.6 Å². The fourth-order valence-electron chi connectivity index (χ4n) is 3.40. The van der Waals surface area contributed by atoms with Crippen LogP contribution in [0.5, 0.6) is 0 Å². The van der Waals surface area contributed by atoms with E-state index in [2.05, 4.69) is 10.3 Å². The number of rotatable bonds is 3. The summed E-state index contributed by atoms with van der Waals surface area (Å²) in [7, 11) is 0. The number of nitrogens with one attached hydrogen (secondary N) is 1. The molecule has 2 fully saturated rings. The van der Waals surface area contributed by atoms with Gasteiger partial charge in [-0.15, -0.1) is 0 Å². The third-order valence-electron chi connectivity index (χ3n) is 4.73. The molecule has 1 amide bonds. The smallest absolute Gasteiger partial charge is 0.351 e. The minimum Gasteiger partial charge on any atom is -0.354 e. The predicted octanol–water partition coefficient (Wildman–Crippen LogP) is 2.89. The van der Waals surface area contributed by atoms with E-state index in [1.54, 1.807) is 37.4 Å². The van der Waals surface area contributed by atoms with Crippen LogP contribution in [-0.4, -0.2) is 21.6 Å². The van der Waals surface area contributed by atoms with E-state index in [1.807, 2.05) is 6.07 Å². The van der Waals surface area contributed by atoms with Crippen LogP contribution in [0.1, 0.15) is 50.5 Å². The zero-order valence-electron chi connectivity index (χ0n) is 15.9. The second-order valence-corrected chi connectivity index (χ2v) is 6.44. The summed E-state index contributed by atoms with van der Waals surface area (Å²) in [6, 6.07) is 8.72. The van der Waals surface area contributed by atoms with Gasteiger partial charge in [-0.25, -0.2) is 4.79 Å². The van der Waals surface area contributed by atoms with Crippen molar-refractivity contribution >= 4 is 11.7 Å². The first-order valence-corrected chi connectivity index (χ1v) is 8.40. The molecule has 1 aromatic carbocycles. The topological polar surface area (TPSA) is 73.2 Å². The lowest BCUT2D eigenvalue weighted by Crippen LogP contribution is -2.29. The summed E-state index contributed by atoms with van der Waals surface area (Å²) in [4.78, 5) is 28.8. The van der Waals surface area contributed by atoms with Gasteiger partial charge in [0.1, 0.15) is 12.0 Å². The number of aromatic nitrogens is 2. The predicted molar refractivity (Wildman–Crippen MR) is 93.5 cm³/mol. The molecule has 1 aromatic heterocycles. The van der Waals surface area contributed by atoms with Crippen molar-refractivity contribution in [3.05, 3.63) is 58.1 Å². The highest BCUT2D eigenvalue weighted by molar-refractivity contribution is 6.03. The van der Waals surface area contributed by atoms with Gasteiger partial charge < -0.3 is 10.1 Å². The zero-order valence-corrected chi connectivity index (χ0v) is 13.9. The molecule has 1 N–H and O–H groups in total. The van der Waals surface area contributed by atoms with Gasteiger partial charge in [0.15, 0.2) is 0 Å². The van der Waals surface area contributed by atoms with Gasteiger partial charge in [0.25, 0.3) is 5.91 Å². The van der Waals surface area contributed by atoms with Crippen LogP contribution in [0, 0.1) is 12.8 Å². The van der Waals surface area contributed by atoms with Crippen molar-refractivity contribution in [1.82, 2.24) is 9.55 Å². The summed E-state index contributed by atoms with van der Waals surface area (Å²) in [6.07, 6.45) is 1.11. The Labute approximate surface area is 148 Å². The Morgan fingerprint density at radius 1 is 1.36 bits per heavy atom.